The molecule has 1 heterocycles. The number of allylic oxidation sites excluding steroid dienone is 2. The Morgan fingerprint density at radius 2 is 0.980 bits per heavy atom. The summed E-state index contributed by atoms with van der Waals surface area (Å²) in [5.74, 6) is -9.50. The summed E-state index contributed by atoms with van der Waals surface area (Å²) in [5, 5.41) is 31.5. The molecule has 6 N–H and O–H groups in total. The molecule has 0 spiro atoms. The lowest BCUT2D eigenvalue weighted by molar-refractivity contribution is -0.157. The van der Waals surface area contributed by atoms with E-state index in [4.69, 9.17) is 14.6 Å². The minimum Gasteiger partial charge on any atom is -0.493 e. The van der Waals surface area contributed by atoms with E-state index >= 15 is 9.59 Å². The maximum atomic E-state index is 15.1. The van der Waals surface area contributed by atoms with Crippen LogP contribution in [0.1, 0.15) is 162 Å². The van der Waals surface area contributed by atoms with Gasteiger partial charge in [-0.05, 0) is 124 Å². The third-order valence-electron chi connectivity index (χ3n) is 17.9. The van der Waals surface area contributed by atoms with Gasteiger partial charge < -0.3 is 75.3 Å². The third-order valence-corrected chi connectivity index (χ3v) is 17.9. The van der Waals surface area contributed by atoms with Crippen LogP contribution in [0.5, 0.6) is 11.5 Å². The average Bonchev–Trinajstić information content (AvgIpc) is 0.799. The van der Waals surface area contributed by atoms with Crippen LogP contribution in [0.25, 0.3) is 6.08 Å². The van der Waals surface area contributed by atoms with Gasteiger partial charge in [-0.1, -0.05) is 115 Å². The summed E-state index contributed by atoms with van der Waals surface area (Å²) in [6, 6.07) is -7.15. The molecule has 12 unspecified atom stereocenters. The molecular weight excluding hydrogens is 1290 g/mol. The average molecular weight is 1410 g/mol. The van der Waals surface area contributed by atoms with Crippen molar-refractivity contribution in [3.63, 3.8) is 0 Å². The highest BCUT2D eigenvalue weighted by molar-refractivity contribution is 5.99. The molecule has 0 aromatic heterocycles. The first kappa shape index (κ1) is 89.9. The number of rotatable bonds is 19. The summed E-state index contributed by atoms with van der Waals surface area (Å²) < 4.78 is 10.1. The van der Waals surface area contributed by atoms with Gasteiger partial charge in [-0.15, -0.1) is 0 Å². The molecule has 1 aromatic rings. The van der Waals surface area contributed by atoms with Crippen LogP contribution in [0, 0.1) is 41.4 Å². The smallest absolute Gasteiger partial charge is 0.328 e. The van der Waals surface area contributed by atoms with E-state index in [-0.39, 0.29) is 55.8 Å². The molecule has 11 amide bonds. The molecular formula is C73H123N11O16. The molecule has 1 aliphatic rings. The Hall–Kier alpha value is -8.10. The van der Waals surface area contributed by atoms with E-state index in [1.807, 2.05) is 61.5 Å². The number of amides is 11. The van der Waals surface area contributed by atoms with Gasteiger partial charge >= 0.3 is 5.97 Å². The van der Waals surface area contributed by atoms with Gasteiger partial charge in [0.15, 0.2) is 11.5 Å². The predicted octanol–water partition coefficient (Wildman–Crippen LogP) is 5.07. The number of carboxylic acids is 1. The molecule has 1 saturated heterocycles. The zero-order valence-corrected chi connectivity index (χ0v) is 64.6. The molecule has 0 radical (unpaired) electrons. The number of hydrogen-bond acceptors (Lipinski definition) is 15. The van der Waals surface area contributed by atoms with Gasteiger partial charge in [0.05, 0.1) is 26.9 Å². The van der Waals surface area contributed by atoms with E-state index in [1.54, 1.807) is 79.9 Å². The van der Waals surface area contributed by atoms with Gasteiger partial charge in [-0.25, -0.2) is 4.79 Å². The molecule has 12 atom stereocenters. The second-order valence-electron chi connectivity index (χ2n) is 28.9. The van der Waals surface area contributed by atoms with Crippen molar-refractivity contribution < 1.29 is 77.2 Å². The quantitative estimate of drug-likeness (QED) is 0.0778. The SMILES string of the molecule is CC=CCC(C)C(O)C1C(=O)NC(CC)C(=O)N(C)CC(=O)N(C)C(CC(C)C)C(=O)NC(C(C)C)C(=O)N(C)C(CC(C)C)C(=O)NC(C)C(=O)NC(C)C(=O)N(C)C(CC(C)C)C(=O)N(C)C(CC(C)C)C(=O)N(C)C(C(C)C)C(=O)N1C.COc1ccc(C=CC(=O)O)cc1OC. The highest BCUT2D eigenvalue weighted by atomic mass is 16.5. The summed E-state index contributed by atoms with van der Waals surface area (Å²) in [4.78, 5) is 179. The van der Waals surface area contributed by atoms with Crippen molar-refractivity contribution in [3.05, 3.63) is 42.0 Å². The number of aliphatic hydroxyl groups excluding tert-OH is 1. The normalized spacial score (nSPS) is 24.4. The standard InChI is InChI=1S/C62H111N11O12.C11H12O4/c1-25-27-28-40(15)52(75)51-56(79)65-43(26-2)58(81)67(18)33-48(74)68(19)44(29-34(3)4)55(78)66-49(38(11)12)61(84)69(20)45(30-35(5)6)54(77)63-41(16)53(76)64-42(17)57(80)70(21)46(31-36(7)8)59(82)71(22)47(32-37(9)10)60(83)72(23)50(39(13)14)62(85)73(51)24;1-14-9-5-3-8(4-6-11(12)13)7-10(9)15-2/h25,27,34-47,49-52,75H,26,28-33H2,1-24H3,(H,63,77)(H,64,76)(H,65,79)(H,66,78);3-7H,1-2H3,(H,12,13). The van der Waals surface area contributed by atoms with Crippen molar-refractivity contribution in [2.75, 3.05) is 70.1 Å². The van der Waals surface area contributed by atoms with Gasteiger partial charge in [-0.2, -0.15) is 0 Å². The van der Waals surface area contributed by atoms with Crippen LogP contribution in [-0.2, 0) is 57.5 Å². The Morgan fingerprint density at radius 1 is 0.530 bits per heavy atom. The largest absolute Gasteiger partial charge is 0.493 e. The number of hydrogen-bond donors (Lipinski definition) is 6. The fourth-order valence-electron chi connectivity index (χ4n) is 11.8. The number of aliphatic carboxylic acids is 1. The van der Waals surface area contributed by atoms with E-state index in [0.717, 1.165) is 21.4 Å². The molecule has 0 aliphatic carbocycles. The van der Waals surface area contributed by atoms with Crippen molar-refractivity contribution in [2.24, 2.45) is 41.4 Å². The molecule has 0 saturated carbocycles. The van der Waals surface area contributed by atoms with Crippen molar-refractivity contribution in [1.82, 2.24) is 55.6 Å². The minimum absolute atomic E-state index is 0.0229. The molecule has 1 aromatic carbocycles. The number of carboxylic acid groups (broad SMARTS) is 1. The minimum atomic E-state index is -1.61. The fourth-order valence-corrected chi connectivity index (χ4v) is 11.8. The van der Waals surface area contributed by atoms with E-state index in [0.29, 0.717) is 17.9 Å². The Balaban J connectivity index is 0.00000292. The van der Waals surface area contributed by atoms with Gasteiger partial charge in [0.1, 0.15) is 60.4 Å². The van der Waals surface area contributed by atoms with E-state index in [2.05, 4.69) is 21.3 Å². The van der Waals surface area contributed by atoms with Crippen molar-refractivity contribution in [3.8, 4) is 11.5 Å². The number of nitrogens with one attached hydrogen (secondary N) is 4. The molecule has 27 nitrogen and oxygen atoms in total. The number of carbonyl (C=O) groups is 12. The van der Waals surface area contributed by atoms with Gasteiger partial charge in [0.25, 0.3) is 0 Å². The van der Waals surface area contributed by atoms with Crippen LogP contribution in [0.4, 0.5) is 0 Å². The van der Waals surface area contributed by atoms with Crippen molar-refractivity contribution in [1.29, 1.82) is 0 Å². The summed E-state index contributed by atoms with van der Waals surface area (Å²) in [5.41, 5.74) is 0.745. The number of benzene rings is 1. The third kappa shape index (κ3) is 26.4. The first-order chi connectivity index (χ1) is 46.4. The summed E-state index contributed by atoms with van der Waals surface area (Å²) in [7, 11) is 13.0. The predicted molar refractivity (Wildman–Crippen MR) is 385 cm³/mol. The van der Waals surface area contributed by atoms with Crippen LogP contribution < -0.4 is 30.7 Å². The number of methoxy groups -OCH3 is 2. The summed E-state index contributed by atoms with van der Waals surface area (Å²) >= 11 is 0. The second kappa shape index (κ2) is 42.2. The lowest BCUT2D eigenvalue weighted by Gasteiger charge is -2.41. The van der Waals surface area contributed by atoms with Gasteiger partial charge in [0, 0.05) is 55.4 Å². The number of aliphatic hydroxyl groups is 1. The lowest BCUT2D eigenvalue weighted by atomic mass is 9.91. The van der Waals surface area contributed by atoms with Crippen molar-refractivity contribution in [2.45, 2.75) is 223 Å². The molecule has 27 heteroatoms. The van der Waals surface area contributed by atoms with Crippen LogP contribution in [0.15, 0.2) is 36.4 Å². The Morgan fingerprint density at radius 3 is 1.44 bits per heavy atom. The zero-order chi connectivity index (χ0) is 77.2. The van der Waals surface area contributed by atoms with Crippen LogP contribution >= 0.6 is 0 Å². The van der Waals surface area contributed by atoms with E-state index in [9.17, 15) is 53.1 Å². The van der Waals surface area contributed by atoms with Gasteiger partial charge in [-0.3, -0.25) is 52.7 Å². The molecule has 0 bridgehead atoms. The number of nitrogens with zero attached hydrogens (tertiary/aromatic N) is 7. The molecule has 1 fully saturated rings. The number of carbonyl (C=O) groups excluding carboxylic acids is 11. The maximum absolute atomic E-state index is 15.1. The first-order valence-corrected chi connectivity index (χ1v) is 34.9. The number of ether oxygens (including phenoxy) is 2. The summed E-state index contributed by atoms with van der Waals surface area (Å²) in [6.45, 7) is 29.3. The monoisotopic (exact) mass is 1410 g/mol. The molecule has 2 rings (SSSR count). The van der Waals surface area contributed by atoms with Crippen LogP contribution in [0.3, 0.4) is 0 Å². The van der Waals surface area contributed by atoms with E-state index < -0.39 is 162 Å². The Kier molecular flexibility index (Phi) is 38.0. The number of likely N-dealkylation sites (N-methyl/N-ethyl adjacent to an activating group) is 7. The van der Waals surface area contributed by atoms with Gasteiger partial charge in [0.2, 0.25) is 65.0 Å². The van der Waals surface area contributed by atoms with Crippen LogP contribution in [-0.4, -0.2) is 252 Å². The molecule has 1 aliphatic heterocycles. The highest BCUT2D eigenvalue weighted by Crippen LogP contribution is 2.29. The Bertz CT molecular complexity index is 2990. The second-order valence-corrected chi connectivity index (χ2v) is 28.9. The summed E-state index contributed by atoms with van der Waals surface area (Å²) in [6.07, 6.45) is 5.60. The zero-order valence-electron chi connectivity index (χ0n) is 64.6. The highest BCUT2D eigenvalue weighted by Gasteiger charge is 2.46. The molecule has 566 valence electrons. The maximum Gasteiger partial charge on any atom is 0.328 e. The van der Waals surface area contributed by atoms with E-state index in [1.165, 1.54) is 101 Å². The fraction of sp³-hybridized carbons (Fsp3) is 0.699. The first-order valence-electron chi connectivity index (χ1n) is 34.9. The molecule has 100 heavy (non-hydrogen) atoms. The lowest BCUT2D eigenvalue weighted by Crippen LogP contribution is -2.63. The van der Waals surface area contributed by atoms with Crippen LogP contribution in [0.2, 0.25) is 0 Å². The van der Waals surface area contributed by atoms with Crippen molar-refractivity contribution >= 4 is 77.0 Å². The Labute approximate surface area is 595 Å². The topological polar surface area (TPSA) is 335 Å².